The number of fused-ring (bicyclic) bond motifs is 1. The molecule has 0 spiro atoms. The van der Waals surface area contributed by atoms with E-state index >= 15 is 0 Å². The van der Waals surface area contributed by atoms with Crippen molar-refractivity contribution in [1.82, 2.24) is 0 Å². The van der Waals surface area contributed by atoms with Gasteiger partial charge in [-0.3, -0.25) is 4.79 Å². The summed E-state index contributed by atoms with van der Waals surface area (Å²) in [7, 11) is -0.960. The second-order valence-corrected chi connectivity index (χ2v) is 8.60. The van der Waals surface area contributed by atoms with E-state index in [2.05, 4.69) is 0 Å². The predicted molar refractivity (Wildman–Crippen MR) is 118 cm³/mol. The van der Waals surface area contributed by atoms with Gasteiger partial charge in [-0.15, -0.1) is 0 Å². The second kappa shape index (κ2) is 8.39. The number of methoxy groups -OCH3 is 2. The molecule has 0 atom stereocenters. The van der Waals surface area contributed by atoms with Gasteiger partial charge in [0.1, 0.15) is 27.9 Å². The molecule has 0 bridgehead atoms. The van der Waals surface area contributed by atoms with E-state index in [9.17, 15) is 13.2 Å². The summed E-state index contributed by atoms with van der Waals surface area (Å²) in [6.07, 6.45) is 1.56. The molecule has 3 aromatic rings. The number of carbonyl (C=O) groups is 1. The molecular formula is C24H20O7S. The molecule has 0 aromatic heterocycles. The molecule has 0 aliphatic carbocycles. The van der Waals surface area contributed by atoms with E-state index in [4.69, 9.17) is 18.4 Å². The maximum absolute atomic E-state index is 12.8. The number of benzene rings is 3. The fourth-order valence-electron chi connectivity index (χ4n) is 3.18. The highest BCUT2D eigenvalue weighted by atomic mass is 32.2. The van der Waals surface area contributed by atoms with Crippen molar-refractivity contribution < 1.29 is 31.6 Å². The lowest BCUT2D eigenvalue weighted by atomic mass is 10.1. The van der Waals surface area contributed by atoms with Crippen LogP contribution in [0.15, 0.2) is 71.3 Å². The number of rotatable bonds is 6. The molecule has 4 rings (SSSR count). The van der Waals surface area contributed by atoms with Gasteiger partial charge in [0.15, 0.2) is 5.76 Å². The average Bonchev–Trinajstić information content (AvgIpc) is 3.08. The first-order chi connectivity index (χ1) is 15.3. The monoisotopic (exact) mass is 452 g/mol. The molecule has 7 nitrogen and oxygen atoms in total. The first-order valence-corrected chi connectivity index (χ1v) is 11.0. The normalized spacial score (nSPS) is 14.1. The lowest BCUT2D eigenvalue weighted by Gasteiger charge is -2.08. The minimum atomic E-state index is -4.02. The fourth-order valence-corrected chi connectivity index (χ4v) is 4.10. The van der Waals surface area contributed by atoms with Crippen molar-refractivity contribution in [3.63, 3.8) is 0 Å². The Bertz CT molecular complexity index is 1320. The van der Waals surface area contributed by atoms with Crippen molar-refractivity contribution in [2.75, 3.05) is 14.2 Å². The van der Waals surface area contributed by atoms with Gasteiger partial charge in [0.05, 0.1) is 19.8 Å². The van der Waals surface area contributed by atoms with Crippen LogP contribution in [0.1, 0.15) is 21.5 Å². The van der Waals surface area contributed by atoms with Crippen LogP contribution in [0, 0.1) is 6.92 Å². The van der Waals surface area contributed by atoms with E-state index < -0.39 is 10.1 Å². The maximum atomic E-state index is 12.8. The molecule has 1 aliphatic rings. The van der Waals surface area contributed by atoms with E-state index in [-0.39, 0.29) is 27.9 Å². The number of ether oxygens (including phenoxy) is 3. The van der Waals surface area contributed by atoms with Crippen LogP contribution in [-0.4, -0.2) is 28.4 Å². The minimum absolute atomic E-state index is 0.0350. The van der Waals surface area contributed by atoms with E-state index in [1.165, 1.54) is 37.4 Å². The Hall–Kier alpha value is -3.78. The van der Waals surface area contributed by atoms with Gasteiger partial charge in [-0.05, 0) is 49.4 Å². The summed E-state index contributed by atoms with van der Waals surface area (Å²) in [5, 5.41) is 0. The molecule has 164 valence electrons. The van der Waals surface area contributed by atoms with Gasteiger partial charge >= 0.3 is 10.1 Å². The second-order valence-electron chi connectivity index (χ2n) is 7.06. The number of Topliss-reactive ketones (excluding diaryl/α,β-unsaturated/α-hetero) is 1. The van der Waals surface area contributed by atoms with E-state index in [1.807, 2.05) is 6.92 Å². The van der Waals surface area contributed by atoms with Crippen LogP contribution in [0.2, 0.25) is 0 Å². The lowest BCUT2D eigenvalue weighted by Crippen LogP contribution is -2.09. The smallest absolute Gasteiger partial charge is 0.339 e. The highest BCUT2D eigenvalue weighted by Gasteiger charge is 2.29. The molecule has 0 unspecified atom stereocenters. The molecule has 3 aromatic carbocycles. The van der Waals surface area contributed by atoms with Gasteiger partial charge in [0, 0.05) is 17.7 Å². The summed E-state index contributed by atoms with van der Waals surface area (Å²) in [6, 6.07) is 15.8. The van der Waals surface area contributed by atoms with Crippen molar-refractivity contribution in [3.8, 4) is 23.0 Å². The van der Waals surface area contributed by atoms with Crippen LogP contribution in [0.5, 0.6) is 23.0 Å². The predicted octanol–water partition coefficient (Wildman–Crippen LogP) is 4.40. The molecular weight excluding hydrogens is 432 g/mol. The third-order valence-corrected chi connectivity index (χ3v) is 6.15. The molecule has 0 N–H and O–H groups in total. The van der Waals surface area contributed by atoms with Crippen LogP contribution in [0.25, 0.3) is 6.08 Å². The summed E-state index contributed by atoms with van der Waals surface area (Å²) in [6.45, 7) is 1.86. The zero-order chi connectivity index (χ0) is 22.9. The quantitative estimate of drug-likeness (QED) is 0.405. The Morgan fingerprint density at radius 1 is 0.875 bits per heavy atom. The molecule has 8 heteroatoms. The number of allylic oxidation sites excluding steroid dienone is 1. The number of aryl methyl sites for hydroxylation is 1. The number of hydrogen-bond donors (Lipinski definition) is 0. The zero-order valence-corrected chi connectivity index (χ0v) is 18.4. The highest BCUT2D eigenvalue weighted by molar-refractivity contribution is 7.87. The topological polar surface area (TPSA) is 88.1 Å². The van der Waals surface area contributed by atoms with Crippen molar-refractivity contribution in [2.24, 2.45) is 0 Å². The van der Waals surface area contributed by atoms with Crippen LogP contribution in [0.4, 0.5) is 0 Å². The molecule has 1 heterocycles. The van der Waals surface area contributed by atoms with Gasteiger partial charge in [-0.1, -0.05) is 17.7 Å². The number of carbonyl (C=O) groups excluding carboxylic acids is 1. The molecule has 0 fully saturated rings. The first kappa shape index (κ1) is 21.5. The van der Waals surface area contributed by atoms with Crippen LogP contribution < -0.4 is 18.4 Å². The Morgan fingerprint density at radius 3 is 2.28 bits per heavy atom. The van der Waals surface area contributed by atoms with Crippen molar-refractivity contribution in [2.45, 2.75) is 11.8 Å². The van der Waals surface area contributed by atoms with E-state index in [0.29, 0.717) is 22.6 Å². The van der Waals surface area contributed by atoms with Gasteiger partial charge in [-0.25, -0.2) is 0 Å². The SMILES string of the molecule is COc1ccc(/C=C2\Oc3cc(OS(=O)(=O)c4ccc(C)cc4)ccc3C2=O)c(OC)c1. The summed E-state index contributed by atoms with van der Waals surface area (Å²) >= 11 is 0. The Balaban J connectivity index is 1.60. The Morgan fingerprint density at radius 2 is 1.59 bits per heavy atom. The molecule has 1 aliphatic heterocycles. The van der Waals surface area contributed by atoms with Gasteiger partial charge < -0.3 is 18.4 Å². The molecule has 0 saturated heterocycles. The van der Waals surface area contributed by atoms with E-state index in [0.717, 1.165) is 5.56 Å². The lowest BCUT2D eigenvalue weighted by molar-refractivity contribution is 0.101. The van der Waals surface area contributed by atoms with Crippen LogP contribution in [-0.2, 0) is 10.1 Å². The average molecular weight is 452 g/mol. The van der Waals surface area contributed by atoms with E-state index in [1.54, 1.807) is 43.5 Å². The number of hydrogen-bond acceptors (Lipinski definition) is 7. The summed E-state index contributed by atoms with van der Waals surface area (Å²) in [4.78, 5) is 12.8. The highest BCUT2D eigenvalue weighted by Crippen LogP contribution is 2.37. The van der Waals surface area contributed by atoms with Gasteiger partial charge in [0.2, 0.25) is 5.78 Å². The van der Waals surface area contributed by atoms with Crippen molar-refractivity contribution >= 4 is 22.0 Å². The van der Waals surface area contributed by atoms with Crippen molar-refractivity contribution in [3.05, 3.63) is 83.1 Å². The van der Waals surface area contributed by atoms with Gasteiger partial charge in [0.25, 0.3) is 0 Å². The number of ketones is 1. The molecule has 32 heavy (non-hydrogen) atoms. The maximum Gasteiger partial charge on any atom is 0.339 e. The minimum Gasteiger partial charge on any atom is -0.497 e. The van der Waals surface area contributed by atoms with Crippen molar-refractivity contribution in [1.29, 1.82) is 0 Å². The largest absolute Gasteiger partial charge is 0.497 e. The Kier molecular flexibility index (Phi) is 5.63. The molecule has 0 saturated carbocycles. The standard InChI is InChI=1S/C24H20O7S/c1-15-4-9-19(10-5-15)32(26,27)31-18-8-11-20-22(14-18)30-23(24(20)25)12-16-6-7-17(28-2)13-21(16)29-3/h4-14H,1-3H3/b23-12-. The molecule has 0 radical (unpaired) electrons. The van der Waals surface area contributed by atoms with Gasteiger partial charge in [-0.2, -0.15) is 8.42 Å². The summed E-state index contributed by atoms with van der Waals surface area (Å²) < 4.78 is 46.6. The summed E-state index contributed by atoms with van der Waals surface area (Å²) in [5.74, 6) is 1.14. The summed E-state index contributed by atoms with van der Waals surface area (Å²) in [5.41, 5.74) is 1.87. The third kappa shape index (κ3) is 4.17. The fraction of sp³-hybridized carbons (Fsp3) is 0.125. The molecule has 0 amide bonds. The first-order valence-electron chi connectivity index (χ1n) is 9.62. The van der Waals surface area contributed by atoms with Crippen LogP contribution >= 0.6 is 0 Å². The zero-order valence-electron chi connectivity index (χ0n) is 17.6. The van der Waals surface area contributed by atoms with Crippen LogP contribution in [0.3, 0.4) is 0 Å². The Labute approximate surface area is 185 Å². The third-order valence-electron chi connectivity index (χ3n) is 4.88.